The van der Waals surface area contributed by atoms with E-state index in [2.05, 4.69) is 63.8 Å². The molecule has 41 heavy (non-hydrogen) atoms. The molecule has 10 heteroatoms. The van der Waals surface area contributed by atoms with E-state index in [1.165, 1.54) is 22.3 Å². The lowest BCUT2D eigenvalue weighted by Gasteiger charge is -2.31. The zero-order valence-electron chi connectivity index (χ0n) is 23.0. The van der Waals surface area contributed by atoms with Gasteiger partial charge in [-0.3, -0.25) is 14.2 Å². The number of hydrogen-bond donors (Lipinski definition) is 2. The number of pyridine rings is 1. The van der Waals surface area contributed by atoms with Crippen molar-refractivity contribution in [1.29, 1.82) is 0 Å². The fourth-order valence-electron chi connectivity index (χ4n) is 6.05. The molecule has 1 aliphatic carbocycles. The minimum Gasteiger partial charge on any atom is -0.384 e. The van der Waals surface area contributed by atoms with Crippen LogP contribution in [0, 0.1) is 6.92 Å². The maximum absolute atomic E-state index is 14.0. The van der Waals surface area contributed by atoms with Crippen molar-refractivity contribution in [3.8, 4) is 0 Å². The minimum atomic E-state index is -0.585. The standard InChI is InChI=1S/C31H32N6O2.2ClH/c1-19-22(13-16-27(32)35-19)17-34-30(38)26-15-14-23-18-33-29(31(39)37(23)26)36(2)28-24-9-5-3-7-20(24)11-12-21-8-4-6-10-25(21)28;;/h3-10,13,16,18,26,28H,11-12,14-15,17H2,1-2H3,(H2,32,35)(H,34,38);2*1H/t26-;;/m0../s1. The van der Waals surface area contributed by atoms with E-state index in [4.69, 9.17) is 5.73 Å². The number of nitrogens with zero attached hydrogens (tertiary/aromatic N) is 4. The van der Waals surface area contributed by atoms with E-state index in [1.807, 2.05) is 24.9 Å². The number of anilines is 2. The van der Waals surface area contributed by atoms with Crippen LogP contribution in [0.4, 0.5) is 11.6 Å². The third-order valence-corrected chi connectivity index (χ3v) is 8.10. The Morgan fingerprint density at radius 1 is 1.00 bits per heavy atom. The third kappa shape index (κ3) is 5.54. The third-order valence-electron chi connectivity index (χ3n) is 8.10. The number of carbonyl (C=O) groups excluding carboxylic acids is 1. The predicted molar refractivity (Wildman–Crippen MR) is 166 cm³/mol. The van der Waals surface area contributed by atoms with Gasteiger partial charge in [0, 0.05) is 31.2 Å². The van der Waals surface area contributed by atoms with E-state index in [-0.39, 0.29) is 42.3 Å². The fourth-order valence-corrected chi connectivity index (χ4v) is 6.05. The second kappa shape index (κ2) is 12.3. The number of fused-ring (bicyclic) bond motifs is 3. The molecule has 1 amide bonds. The summed E-state index contributed by atoms with van der Waals surface area (Å²) >= 11 is 0. The Hall–Kier alpha value is -3.88. The normalized spacial score (nSPS) is 15.3. The average Bonchev–Trinajstić information content (AvgIpc) is 3.30. The highest BCUT2D eigenvalue weighted by Gasteiger charge is 2.34. The molecule has 3 N–H and O–H groups in total. The first-order valence-corrected chi connectivity index (χ1v) is 13.4. The molecule has 0 saturated heterocycles. The van der Waals surface area contributed by atoms with E-state index in [0.717, 1.165) is 29.8 Å². The summed E-state index contributed by atoms with van der Waals surface area (Å²) in [7, 11) is 1.93. The molecule has 8 nitrogen and oxygen atoms in total. The lowest BCUT2D eigenvalue weighted by atomic mass is 9.93. The smallest absolute Gasteiger partial charge is 0.294 e. The topological polar surface area (TPSA) is 106 Å². The Labute approximate surface area is 251 Å². The molecule has 2 aromatic heterocycles. The molecule has 1 aliphatic heterocycles. The van der Waals surface area contributed by atoms with Crippen molar-refractivity contribution in [2.75, 3.05) is 17.7 Å². The number of amides is 1. The van der Waals surface area contributed by atoms with E-state index in [1.54, 1.807) is 16.8 Å². The minimum absolute atomic E-state index is 0. The molecule has 0 saturated carbocycles. The number of aromatic nitrogens is 3. The molecule has 1 atom stereocenters. The van der Waals surface area contributed by atoms with E-state index < -0.39 is 6.04 Å². The van der Waals surface area contributed by atoms with Crippen molar-refractivity contribution < 1.29 is 4.79 Å². The van der Waals surface area contributed by atoms with Crippen molar-refractivity contribution >= 4 is 42.4 Å². The summed E-state index contributed by atoms with van der Waals surface area (Å²) in [5.74, 6) is 0.604. The van der Waals surface area contributed by atoms with Gasteiger partial charge in [0.25, 0.3) is 5.56 Å². The molecule has 0 fully saturated rings. The average molecular weight is 594 g/mol. The first-order chi connectivity index (χ1) is 18.9. The first kappa shape index (κ1) is 30.1. The van der Waals surface area contributed by atoms with Crippen molar-refractivity contribution in [2.24, 2.45) is 0 Å². The van der Waals surface area contributed by atoms with Crippen LogP contribution in [-0.4, -0.2) is 27.5 Å². The molecular weight excluding hydrogens is 559 g/mol. The van der Waals surface area contributed by atoms with Gasteiger partial charge < -0.3 is 16.0 Å². The number of hydrogen-bond acceptors (Lipinski definition) is 6. The maximum Gasteiger partial charge on any atom is 0.294 e. The molecule has 6 rings (SSSR count). The van der Waals surface area contributed by atoms with Crippen LogP contribution in [0.1, 0.15) is 57.7 Å². The number of benzene rings is 2. The van der Waals surface area contributed by atoms with Gasteiger partial charge in [-0.15, -0.1) is 24.8 Å². The summed E-state index contributed by atoms with van der Waals surface area (Å²) in [4.78, 5) is 38.2. The van der Waals surface area contributed by atoms with E-state index in [9.17, 15) is 9.59 Å². The Morgan fingerprint density at radius 3 is 2.27 bits per heavy atom. The van der Waals surface area contributed by atoms with Crippen LogP contribution in [-0.2, 0) is 30.6 Å². The number of halogens is 2. The summed E-state index contributed by atoms with van der Waals surface area (Å²) in [5, 5.41) is 3.00. The Kier molecular flexibility index (Phi) is 9.05. The van der Waals surface area contributed by atoms with Crippen LogP contribution in [0.5, 0.6) is 0 Å². The second-order valence-corrected chi connectivity index (χ2v) is 10.4. The lowest BCUT2D eigenvalue weighted by molar-refractivity contribution is -0.124. The molecule has 214 valence electrons. The zero-order valence-corrected chi connectivity index (χ0v) is 24.7. The predicted octanol–water partition coefficient (Wildman–Crippen LogP) is 4.50. The number of nitrogens with two attached hydrogens (primary N) is 1. The number of nitrogens with one attached hydrogen (secondary N) is 1. The van der Waals surface area contributed by atoms with E-state index >= 15 is 0 Å². The molecule has 3 heterocycles. The van der Waals surface area contributed by atoms with Gasteiger partial charge in [0.2, 0.25) is 5.91 Å². The highest BCUT2D eigenvalue weighted by Crippen LogP contribution is 2.37. The summed E-state index contributed by atoms with van der Waals surface area (Å²) in [6.07, 6.45) is 4.83. The van der Waals surface area contributed by atoms with Crippen molar-refractivity contribution in [1.82, 2.24) is 19.9 Å². The highest BCUT2D eigenvalue weighted by molar-refractivity contribution is 5.85. The number of nitrogen functional groups attached to an aromatic ring is 1. The molecule has 4 aromatic rings. The van der Waals surface area contributed by atoms with Crippen molar-refractivity contribution in [3.63, 3.8) is 0 Å². The molecule has 0 radical (unpaired) electrons. The lowest BCUT2D eigenvalue weighted by Crippen LogP contribution is -2.39. The molecule has 0 bridgehead atoms. The van der Waals surface area contributed by atoms with Gasteiger partial charge in [-0.2, -0.15) is 0 Å². The Balaban J connectivity index is 0.00000194. The molecule has 2 aromatic carbocycles. The van der Waals surface area contributed by atoms with Crippen LogP contribution in [0.2, 0.25) is 0 Å². The Morgan fingerprint density at radius 2 is 1.63 bits per heavy atom. The molecule has 0 unspecified atom stereocenters. The summed E-state index contributed by atoms with van der Waals surface area (Å²) in [6, 6.07) is 19.7. The van der Waals surface area contributed by atoms with Crippen LogP contribution >= 0.6 is 24.8 Å². The van der Waals surface area contributed by atoms with Gasteiger partial charge in [0.05, 0.1) is 6.04 Å². The molecule has 2 aliphatic rings. The highest BCUT2D eigenvalue weighted by atomic mass is 35.5. The fraction of sp³-hybridized carbons (Fsp3) is 0.290. The molecular formula is C31H34Cl2N6O2. The first-order valence-electron chi connectivity index (χ1n) is 13.4. The Bertz CT molecular complexity index is 1590. The summed E-state index contributed by atoms with van der Waals surface area (Å²) in [6.45, 7) is 2.19. The van der Waals surface area contributed by atoms with Crippen LogP contribution in [0.15, 0.2) is 71.7 Å². The van der Waals surface area contributed by atoms with E-state index in [0.29, 0.717) is 31.0 Å². The monoisotopic (exact) mass is 592 g/mol. The maximum atomic E-state index is 14.0. The van der Waals surface area contributed by atoms with Gasteiger partial charge in [-0.25, -0.2) is 9.97 Å². The quantitative estimate of drug-likeness (QED) is 0.353. The van der Waals surface area contributed by atoms with Crippen molar-refractivity contribution in [3.05, 3.63) is 116 Å². The van der Waals surface area contributed by atoms with Gasteiger partial charge in [0.1, 0.15) is 11.9 Å². The second-order valence-electron chi connectivity index (χ2n) is 10.4. The van der Waals surface area contributed by atoms with Gasteiger partial charge in [-0.05, 0) is 66.5 Å². The SMILES string of the molecule is Cc1nc(N)ccc1CNC(=O)[C@@H]1CCc2cnc(N(C)C3c4ccccc4CCc4ccccc43)c(=O)n21.Cl.Cl. The van der Waals surface area contributed by atoms with Crippen LogP contribution < -0.4 is 21.5 Å². The van der Waals surface area contributed by atoms with Gasteiger partial charge in [0.15, 0.2) is 5.82 Å². The van der Waals surface area contributed by atoms with Gasteiger partial charge in [-0.1, -0.05) is 54.6 Å². The number of rotatable bonds is 5. The summed E-state index contributed by atoms with van der Waals surface area (Å²) in [5.41, 5.74) is 12.9. The van der Waals surface area contributed by atoms with Crippen LogP contribution in [0.3, 0.4) is 0 Å². The number of aryl methyl sites for hydroxylation is 4. The van der Waals surface area contributed by atoms with Crippen molar-refractivity contribution in [2.45, 2.75) is 51.2 Å². The largest absolute Gasteiger partial charge is 0.384 e. The summed E-state index contributed by atoms with van der Waals surface area (Å²) < 4.78 is 1.64. The van der Waals surface area contributed by atoms with Crippen LogP contribution in [0.25, 0.3) is 0 Å². The molecule has 0 spiro atoms. The van der Waals surface area contributed by atoms with Gasteiger partial charge >= 0.3 is 0 Å². The number of carbonyl (C=O) groups is 1. The zero-order chi connectivity index (χ0) is 27.1.